The number of nitrogens with one attached hydrogen (secondary N) is 1. The van der Waals surface area contributed by atoms with Crippen molar-refractivity contribution in [2.24, 2.45) is 5.92 Å². The van der Waals surface area contributed by atoms with Crippen molar-refractivity contribution in [3.63, 3.8) is 0 Å². The average molecular weight is 304 g/mol. The van der Waals surface area contributed by atoms with E-state index in [1.807, 2.05) is 51.1 Å². The van der Waals surface area contributed by atoms with Gasteiger partial charge in [-0.2, -0.15) is 0 Å². The molecule has 0 saturated carbocycles. The third-order valence-electron chi connectivity index (χ3n) is 3.52. The van der Waals surface area contributed by atoms with Crippen LogP contribution >= 0.6 is 0 Å². The predicted octanol–water partition coefficient (Wildman–Crippen LogP) is 2.56. The first kappa shape index (κ1) is 16.3. The van der Waals surface area contributed by atoms with E-state index in [4.69, 9.17) is 4.74 Å². The van der Waals surface area contributed by atoms with Crippen molar-refractivity contribution in [2.45, 2.75) is 39.3 Å². The number of amides is 2. The lowest BCUT2D eigenvalue weighted by Crippen LogP contribution is -2.37. The maximum absolute atomic E-state index is 12.2. The van der Waals surface area contributed by atoms with Gasteiger partial charge in [0.05, 0.1) is 5.92 Å². The van der Waals surface area contributed by atoms with Gasteiger partial charge >= 0.3 is 6.09 Å². The minimum Gasteiger partial charge on any atom is -0.444 e. The molecule has 5 nitrogen and oxygen atoms in total. The molecule has 2 rings (SSSR count). The van der Waals surface area contributed by atoms with Gasteiger partial charge in [0.15, 0.2) is 0 Å². The first-order valence-electron chi connectivity index (χ1n) is 7.65. The number of hydrogen-bond donors (Lipinski definition) is 1. The van der Waals surface area contributed by atoms with Gasteiger partial charge in [0.25, 0.3) is 0 Å². The van der Waals surface area contributed by atoms with E-state index >= 15 is 0 Å². The Morgan fingerprint density at radius 2 is 1.95 bits per heavy atom. The second kappa shape index (κ2) is 6.81. The summed E-state index contributed by atoms with van der Waals surface area (Å²) in [6.07, 6.45) is 0.339. The van der Waals surface area contributed by atoms with Crippen molar-refractivity contribution in [2.75, 3.05) is 13.1 Å². The summed E-state index contributed by atoms with van der Waals surface area (Å²) in [6, 6.07) is 9.79. The molecule has 0 radical (unpaired) electrons. The smallest absolute Gasteiger partial charge is 0.410 e. The van der Waals surface area contributed by atoms with Crippen molar-refractivity contribution >= 4 is 12.0 Å². The Labute approximate surface area is 131 Å². The Morgan fingerprint density at radius 3 is 2.59 bits per heavy atom. The van der Waals surface area contributed by atoms with E-state index in [0.29, 0.717) is 26.1 Å². The quantitative estimate of drug-likeness (QED) is 0.933. The highest BCUT2D eigenvalue weighted by molar-refractivity contribution is 5.80. The maximum atomic E-state index is 12.2. The van der Waals surface area contributed by atoms with Crippen LogP contribution in [0.4, 0.5) is 4.79 Å². The maximum Gasteiger partial charge on any atom is 0.410 e. The number of benzene rings is 1. The molecule has 0 spiro atoms. The number of nitrogens with zero attached hydrogens (tertiary/aromatic N) is 1. The molecule has 0 aromatic heterocycles. The van der Waals surface area contributed by atoms with Crippen LogP contribution in [0, 0.1) is 5.92 Å². The molecule has 5 heteroatoms. The first-order chi connectivity index (χ1) is 10.3. The number of rotatable bonds is 3. The molecule has 1 N–H and O–H groups in total. The second-order valence-electron chi connectivity index (χ2n) is 6.62. The second-order valence-corrected chi connectivity index (χ2v) is 6.62. The minimum atomic E-state index is -0.509. The topological polar surface area (TPSA) is 58.6 Å². The Bertz CT molecular complexity index is 522. The van der Waals surface area contributed by atoms with Crippen molar-refractivity contribution in [3.8, 4) is 0 Å². The zero-order valence-electron chi connectivity index (χ0n) is 13.5. The van der Waals surface area contributed by atoms with E-state index in [0.717, 1.165) is 5.56 Å². The summed E-state index contributed by atoms with van der Waals surface area (Å²) in [4.78, 5) is 25.8. The Morgan fingerprint density at radius 1 is 1.27 bits per heavy atom. The zero-order valence-corrected chi connectivity index (χ0v) is 13.5. The summed E-state index contributed by atoms with van der Waals surface area (Å²) in [5.41, 5.74) is 0.558. The fourth-order valence-corrected chi connectivity index (χ4v) is 2.40. The Balaban J connectivity index is 1.80. The first-order valence-corrected chi connectivity index (χ1v) is 7.65. The summed E-state index contributed by atoms with van der Waals surface area (Å²) < 4.78 is 5.33. The Hall–Kier alpha value is -2.04. The number of carbonyl (C=O) groups is 2. The SMILES string of the molecule is CC(C)(C)OC(=O)N1CCC(C(=O)NCc2ccccc2)C1. The highest BCUT2D eigenvalue weighted by Crippen LogP contribution is 2.19. The summed E-state index contributed by atoms with van der Waals surface area (Å²) in [6.45, 7) is 7.03. The fraction of sp³-hybridized carbons (Fsp3) is 0.529. The highest BCUT2D eigenvalue weighted by atomic mass is 16.6. The van der Waals surface area contributed by atoms with Crippen LogP contribution in [0.15, 0.2) is 30.3 Å². The van der Waals surface area contributed by atoms with Gasteiger partial charge in [-0.3, -0.25) is 4.79 Å². The highest BCUT2D eigenvalue weighted by Gasteiger charge is 2.33. The van der Waals surface area contributed by atoms with E-state index in [9.17, 15) is 9.59 Å². The van der Waals surface area contributed by atoms with Crippen LogP contribution in [0.1, 0.15) is 32.8 Å². The van der Waals surface area contributed by atoms with Gasteiger partial charge in [-0.05, 0) is 32.8 Å². The third-order valence-corrected chi connectivity index (χ3v) is 3.52. The molecule has 1 aliphatic rings. The molecule has 120 valence electrons. The van der Waals surface area contributed by atoms with Crippen LogP contribution in [0.3, 0.4) is 0 Å². The van der Waals surface area contributed by atoms with Crippen molar-refractivity contribution in [3.05, 3.63) is 35.9 Å². The van der Waals surface area contributed by atoms with E-state index < -0.39 is 5.60 Å². The molecule has 1 fully saturated rings. The lowest BCUT2D eigenvalue weighted by molar-refractivity contribution is -0.124. The van der Waals surface area contributed by atoms with Crippen LogP contribution in [0.2, 0.25) is 0 Å². The molecule has 1 atom stereocenters. The molecule has 1 aromatic rings. The van der Waals surface area contributed by atoms with Crippen LogP contribution in [0.5, 0.6) is 0 Å². The number of likely N-dealkylation sites (tertiary alicyclic amines) is 1. The molecule has 0 aliphatic carbocycles. The molecule has 1 aliphatic heterocycles. The van der Waals surface area contributed by atoms with Crippen LogP contribution < -0.4 is 5.32 Å². The molecule has 0 bridgehead atoms. The monoisotopic (exact) mass is 304 g/mol. The van der Waals surface area contributed by atoms with Gasteiger partial charge in [-0.25, -0.2) is 4.79 Å². The fourth-order valence-electron chi connectivity index (χ4n) is 2.40. The molecule has 1 aromatic carbocycles. The van der Waals surface area contributed by atoms with Crippen molar-refractivity contribution in [1.29, 1.82) is 0 Å². The Kier molecular flexibility index (Phi) is 5.06. The van der Waals surface area contributed by atoms with Crippen LogP contribution in [-0.4, -0.2) is 35.6 Å². The summed E-state index contributed by atoms with van der Waals surface area (Å²) in [5.74, 6) is -0.161. The molecule has 22 heavy (non-hydrogen) atoms. The summed E-state index contributed by atoms with van der Waals surface area (Å²) >= 11 is 0. The third kappa shape index (κ3) is 4.76. The van der Waals surface area contributed by atoms with Gasteiger partial charge in [0.1, 0.15) is 5.60 Å². The largest absolute Gasteiger partial charge is 0.444 e. The van der Waals surface area contributed by atoms with E-state index in [1.54, 1.807) is 4.90 Å². The molecule has 2 amide bonds. The van der Waals surface area contributed by atoms with Crippen LogP contribution in [-0.2, 0) is 16.1 Å². The molecular formula is C17H24N2O3. The minimum absolute atomic E-state index is 0.00471. The van der Waals surface area contributed by atoms with Gasteiger partial charge in [-0.1, -0.05) is 30.3 Å². The number of ether oxygens (including phenoxy) is 1. The van der Waals surface area contributed by atoms with Crippen molar-refractivity contribution < 1.29 is 14.3 Å². The molecule has 1 unspecified atom stereocenters. The zero-order chi connectivity index (χ0) is 16.2. The molecular weight excluding hydrogens is 280 g/mol. The predicted molar refractivity (Wildman–Crippen MR) is 84.2 cm³/mol. The van der Waals surface area contributed by atoms with Crippen molar-refractivity contribution in [1.82, 2.24) is 10.2 Å². The lowest BCUT2D eigenvalue weighted by Gasteiger charge is -2.24. The van der Waals surface area contributed by atoms with Crippen LogP contribution in [0.25, 0.3) is 0 Å². The average Bonchev–Trinajstić information content (AvgIpc) is 2.94. The summed E-state index contributed by atoms with van der Waals surface area (Å²) in [7, 11) is 0. The lowest BCUT2D eigenvalue weighted by atomic mass is 10.1. The van der Waals surface area contributed by atoms with E-state index in [-0.39, 0.29) is 17.9 Å². The van der Waals surface area contributed by atoms with E-state index in [1.165, 1.54) is 0 Å². The number of hydrogen-bond acceptors (Lipinski definition) is 3. The number of carbonyl (C=O) groups excluding carboxylic acids is 2. The van der Waals surface area contributed by atoms with E-state index in [2.05, 4.69) is 5.32 Å². The van der Waals surface area contributed by atoms with Gasteiger partial charge < -0.3 is 15.0 Å². The molecule has 1 heterocycles. The van der Waals surface area contributed by atoms with Gasteiger partial charge in [0.2, 0.25) is 5.91 Å². The van der Waals surface area contributed by atoms with Gasteiger partial charge in [0, 0.05) is 19.6 Å². The normalized spacial score (nSPS) is 18.1. The van der Waals surface area contributed by atoms with Gasteiger partial charge in [-0.15, -0.1) is 0 Å². The standard InChI is InChI=1S/C17H24N2O3/c1-17(2,3)22-16(21)19-10-9-14(12-19)15(20)18-11-13-7-5-4-6-8-13/h4-8,14H,9-12H2,1-3H3,(H,18,20). The molecule has 1 saturated heterocycles. The summed E-state index contributed by atoms with van der Waals surface area (Å²) in [5, 5.41) is 2.93.